The maximum Gasteiger partial charge on any atom is 0.345 e. The molecule has 0 radical (unpaired) electrons. The smallest absolute Gasteiger partial charge is 0.345 e. The zero-order valence-electron chi connectivity index (χ0n) is 9.46. The number of esters is 1. The molecule has 5 heteroatoms. The Balaban J connectivity index is 2.19. The first-order valence-corrected chi connectivity index (χ1v) is 5.22. The van der Waals surface area contributed by atoms with Crippen molar-refractivity contribution >= 4 is 17.3 Å². The van der Waals surface area contributed by atoms with Crippen molar-refractivity contribution in [3.05, 3.63) is 48.0 Å². The summed E-state index contributed by atoms with van der Waals surface area (Å²) in [4.78, 5) is 11.8. The van der Waals surface area contributed by atoms with E-state index in [-0.39, 0.29) is 17.0 Å². The number of phenols is 1. The van der Waals surface area contributed by atoms with Crippen molar-refractivity contribution in [3.8, 4) is 11.5 Å². The maximum atomic E-state index is 11.8. The van der Waals surface area contributed by atoms with E-state index in [1.54, 1.807) is 6.07 Å². The Kier molecular flexibility index (Phi) is 3.05. The number of benzene rings is 2. The predicted octanol–water partition coefficient (Wildman–Crippen LogP) is 1.78. The van der Waals surface area contributed by atoms with Gasteiger partial charge in [0.25, 0.3) is 0 Å². The van der Waals surface area contributed by atoms with Gasteiger partial charge >= 0.3 is 5.97 Å². The summed E-state index contributed by atoms with van der Waals surface area (Å²) in [6, 6.07) is 10.4. The van der Waals surface area contributed by atoms with Crippen molar-refractivity contribution in [2.45, 2.75) is 0 Å². The van der Waals surface area contributed by atoms with Crippen LogP contribution in [0.2, 0.25) is 0 Å². The van der Waals surface area contributed by atoms with Gasteiger partial charge in [0.05, 0.1) is 5.56 Å². The fourth-order valence-corrected chi connectivity index (χ4v) is 1.44. The summed E-state index contributed by atoms with van der Waals surface area (Å²) >= 11 is 0. The SMILES string of the molecule is Nc1ccc(C(=O)Oc2ccc(O)cc2)c(N)c1. The fourth-order valence-electron chi connectivity index (χ4n) is 1.44. The molecule has 0 heterocycles. The van der Waals surface area contributed by atoms with E-state index in [0.717, 1.165) is 0 Å². The van der Waals surface area contributed by atoms with Crippen LogP contribution in [0.1, 0.15) is 10.4 Å². The van der Waals surface area contributed by atoms with Gasteiger partial charge in [0.2, 0.25) is 0 Å². The van der Waals surface area contributed by atoms with Crippen LogP contribution >= 0.6 is 0 Å². The van der Waals surface area contributed by atoms with Gasteiger partial charge in [-0.15, -0.1) is 0 Å². The predicted molar refractivity (Wildman–Crippen MR) is 68.3 cm³/mol. The number of aromatic hydroxyl groups is 1. The van der Waals surface area contributed by atoms with Crippen molar-refractivity contribution in [2.24, 2.45) is 0 Å². The molecule has 0 atom stereocenters. The Hall–Kier alpha value is -2.69. The first kappa shape index (κ1) is 11.8. The number of carbonyl (C=O) groups is 1. The number of carbonyl (C=O) groups excluding carboxylic acids is 1. The summed E-state index contributed by atoms with van der Waals surface area (Å²) in [5, 5.41) is 9.11. The van der Waals surface area contributed by atoms with E-state index in [9.17, 15) is 4.79 Å². The molecule has 0 aromatic heterocycles. The van der Waals surface area contributed by atoms with E-state index in [2.05, 4.69) is 0 Å². The van der Waals surface area contributed by atoms with Gasteiger partial charge < -0.3 is 21.3 Å². The van der Waals surface area contributed by atoms with Gasteiger partial charge in [0.1, 0.15) is 11.5 Å². The van der Waals surface area contributed by atoms with E-state index in [4.69, 9.17) is 21.3 Å². The maximum absolute atomic E-state index is 11.8. The number of hydrogen-bond donors (Lipinski definition) is 3. The normalized spacial score (nSPS) is 10.0. The zero-order valence-corrected chi connectivity index (χ0v) is 9.46. The summed E-state index contributed by atoms with van der Waals surface area (Å²) in [7, 11) is 0. The Bertz CT molecular complexity index is 579. The van der Waals surface area contributed by atoms with Gasteiger partial charge in [-0.3, -0.25) is 0 Å². The number of anilines is 2. The zero-order chi connectivity index (χ0) is 13.1. The van der Waals surface area contributed by atoms with Crippen LogP contribution in [0.15, 0.2) is 42.5 Å². The van der Waals surface area contributed by atoms with E-state index in [0.29, 0.717) is 11.4 Å². The number of nitrogens with two attached hydrogens (primary N) is 2. The molecule has 2 aromatic rings. The molecule has 5 N–H and O–H groups in total. The molecule has 0 bridgehead atoms. The van der Waals surface area contributed by atoms with Crippen molar-refractivity contribution in [1.82, 2.24) is 0 Å². The lowest BCUT2D eigenvalue weighted by Crippen LogP contribution is -2.11. The quantitative estimate of drug-likeness (QED) is 0.425. The molecule has 2 aromatic carbocycles. The highest BCUT2D eigenvalue weighted by molar-refractivity contribution is 5.97. The molecule has 0 aliphatic rings. The Morgan fingerprint density at radius 1 is 1.06 bits per heavy atom. The van der Waals surface area contributed by atoms with Crippen LogP contribution in [-0.4, -0.2) is 11.1 Å². The van der Waals surface area contributed by atoms with Gasteiger partial charge in [0, 0.05) is 11.4 Å². The second-order valence-electron chi connectivity index (χ2n) is 3.73. The number of rotatable bonds is 2. The second-order valence-corrected chi connectivity index (χ2v) is 3.73. The highest BCUT2D eigenvalue weighted by atomic mass is 16.5. The minimum Gasteiger partial charge on any atom is -0.508 e. The fraction of sp³-hybridized carbons (Fsp3) is 0. The van der Waals surface area contributed by atoms with E-state index in [1.165, 1.54) is 36.4 Å². The highest BCUT2D eigenvalue weighted by Gasteiger charge is 2.12. The van der Waals surface area contributed by atoms with E-state index in [1.807, 2.05) is 0 Å². The minimum atomic E-state index is -0.571. The van der Waals surface area contributed by atoms with Crippen LogP contribution in [0.3, 0.4) is 0 Å². The van der Waals surface area contributed by atoms with Crippen LogP contribution in [0.5, 0.6) is 11.5 Å². The summed E-state index contributed by atoms with van der Waals surface area (Å²) in [6.45, 7) is 0. The molecule has 0 saturated heterocycles. The molecule has 0 fully saturated rings. The molecule has 0 unspecified atom stereocenters. The largest absolute Gasteiger partial charge is 0.508 e. The average Bonchev–Trinajstić information content (AvgIpc) is 2.32. The summed E-state index contributed by atoms with van der Waals surface area (Å²) < 4.78 is 5.11. The lowest BCUT2D eigenvalue weighted by atomic mass is 10.1. The van der Waals surface area contributed by atoms with Crippen LogP contribution < -0.4 is 16.2 Å². The van der Waals surface area contributed by atoms with Gasteiger partial charge in [-0.2, -0.15) is 0 Å². The Labute approximate surface area is 104 Å². The van der Waals surface area contributed by atoms with Gasteiger partial charge in [-0.1, -0.05) is 0 Å². The first-order chi connectivity index (χ1) is 8.56. The average molecular weight is 244 g/mol. The van der Waals surface area contributed by atoms with Crippen LogP contribution in [0, 0.1) is 0 Å². The van der Waals surface area contributed by atoms with Crippen LogP contribution in [-0.2, 0) is 0 Å². The minimum absolute atomic E-state index is 0.0989. The Morgan fingerprint density at radius 2 is 1.72 bits per heavy atom. The summed E-state index contributed by atoms with van der Waals surface area (Å²) in [5.41, 5.74) is 12.2. The standard InChI is InChI=1S/C13H12N2O3/c14-8-1-6-11(12(15)7-8)13(17)18-10-4-2-9(16)3-5-10/h1-7,16H,14-15H2. The Morgan fingerprint density at radius 3 is 2.33 bits per heavy atom. The molecule has 18 heavy (non-hydrogen) atoms. The van der Waals surface area contributed by atoms with Crippen molar-refractivity contribution < 1.29 is 14.6 Å². The highest BCUT2D eigenvalue weighted by Crippen LogP contribution is 2.20. The molecule has 92 valence electrons. The second kappa shape index (κ2) is 4.67. The number of ether oxygens (including phenoxy) is 1. The summed E-state index contributed by atoms with van der Waals surface area (Å²) in [6.07, 6.45) is 0. The lowest BCUT2D eigenvalue weighted by molar-refractivity contribution is 0.0736. The van der Waals surface area contributed by atoms with Crippen LogP contribution in [0.25, 0.3) is 0 Å². The molecule has 0 aliphatic carbocycles. The molecule has 2 rings (SSSR count). The molecule has 0 saturated carbocycles. The number of hydrogen-bond acceptors (Lipinski definition) is 5. The third-order valence-corrected chi connectivity index (χ3v) is 2.34. The molecule has 0 amide bonds. The monoisotopic (exact) mass is 244 g/mol. The molecular weight excluding hydrogens is 232 g/mol. The molecule has 0 spiro atoms. The van der Waals surface area contributed by atoms with Gasteiger partial charge in [-0.25, -0.2) is 4.79 Å². The molecular formula is C13H12N2O3. The third kappa shape index (κ3) is 2.52. The number of phenolic OH excluding ortho intramolecular Hbond substituents is 1. The first-order valence-electron chi connectivity index (χ1n) is 5.22. The van der Waals surface area contributed by atoms with E-state index >= 15 is 0 Å². The number of nitrogen functional groups attached to an aromatic ring is 2. The van der Waals surface area contributed by atoms with Gasteiger partial charge in [0.15, 0.2) is 0 Å². The van der Waals surface area contributed by atoms with Crippen molar-refractivity contribution in [3.63, 3.8) is 0 Å². The molecule has 5 nitrogen and oxygen atoms in total. The van der Waals surface area contributed by atoms with E-state index < -0.39 is 5.97 Å². The van der Waals surface area contributed by atoms with Crippen molar-refractivity contribution in [2.75, 3.05) is 11.5 Å². The van der Waals surface area contributed by atoms with Gasteiger partial charge in [-0.05, 0) is 42.5 Å². The topological polar surface area (TPSA) is 98.6 Å². The molecule has 0 aliphatic heterocycles. The third-order valence-electron chi connectivity index (χ3n) is 2.34. The lowest BCUT2D eigenvalue weighted by Gasteiger charge is -2.07. The summed E-state index contributed by atoms with van der Waals surface area (Å²) in [5.74, 6) is -0.144. The van der Waals surface area contributed by atoms with Crippen molar-refractivity contribution in [1.29, 1.82) is 0 Å². The van der Waals surface area contributed by atoms with Crippen LogP contribution in [0.4, 0.5) is 11.4 Å².